The Kier molecular flexibility index (Phi) is 21.1. The van der Waals surface area contributed by atoms with Crippen molar-refractivity contribution in [2.75, 3.05) is 11.4 Å². The molecular weight excluding hydrogens is 472 g/mol. The van der Waals surface area contributed by atoms with Gasteiger partial charge in [0.15, 0.2) is 0 Å². The van der Waals surface area contributed by atoms with Crippen molar-refractivity contribution in [1.29, 1.82) is 0 Å². The van der Waals surface area contributed by atoms with Crippen LogP contribution in [0.4, 0.5) is 5.69 Å². The summed E-state index contributed by atoms with van der Waals surface area (Å²) in [5.41, 5.74) is 1.34. The Hall–Kier alpha value is -1.44. The average molecular weight is 539 g/mol. The Morgan fingerprint density at radius 3 is 1.33 bits per heavy atom. The lowest BCUT2D eigenvalue weighted by atomic mass is 10.0. The maximum atomic E-state index is 2.64. The molecule has 0 radical (unpaired) electrons. The fourth-order valence-corrected chi connectivity index (χ4v) is 6.21. The van der Waals surface area contributed by atoms with Gasteiger partial charge in [-0.2, -0.15) is 0 Å². The molecule has 0 saturated carbocycles. The van der Waals surface area contributed by atoms with Gasteiger partial charge >= 0.3 is 0 Å². The van der Waals surface area contributed by atoms with Crippen molar-refractivity contribution in [3.63, 3.8) is 0 Å². The third-order valence-electron chi connectivity index (χ3n) is 8.76. The molecular formula is C37H66N2. The Morgan fingerprint density at radius 1 is 0.462 bits per heavy atom. The number of nitrogens with zero attached hydrogens (tertiary/aromatic N) is 2. The van der Waals surface area contributed by atoms with E-state index in [1.807, 2.05) is 0 Å². The maximum Gasteiger partial charge on any atom is 0.105 e. The summed E-state index contributed by atoms with van der Waals surface area (Å²) in [4.78, 5) is 5.17. The molecule has 0 amide bonds. The molecule has 0 aromatic heterocycles. The largest absolute Gasteiger partial charge is 0.356 e. The maximum absolute atomic E-state index is 2.64. The van der Waals surface area contributed by atoms with Crippen molar-refractivity contribution in [1.82, 2.24) is 4.90 Å². The fraction of sp³-hybridized carbons (Fsp3) is 0.784. The molecule has 2 rings (SSSR count). The van der Waals surface area contributed by atoms with Crippen LogP contribution >= 0.6 is 0 Å². The Morgan fingerprint density at radius 2 is 0.872 bits per heavy atom. The summed E-state index contributed by atoms with van der Waals surface area (Å²) < 4.78 is 0. The van der Waals surface area contributed by atoms with Crippen molar-refractivity contribution >= 4 is 5.69 Å². The van der Waals surface area contributed by atoms with Gasteiger partial charge in [-0.1, -0.05) is 173 Å². The number of anilines is 1. The molecule has 2 heteroatoms. The van der Waals surface area contributed by atoms with E-state index in [1.165, 1.54) is 173 Å². The highest BCUT2D eigenvalue weighted by molar-refractivity contribution is 5.51. The van der Waals surface area contributed by atoms with E-state index in [0.717, 1.165) is 0 Å². The van der Waals surface area contributed by atoms with Crippen molar-refractivity contribution in [3.8, 4) is 0 Å². The van der Waals surface area contributed by atoms with Crippen molar-refractivity contribution < 1.29 is 0 Å². The SMILES string of the molecule is CCCCCCCCCCCCCCC1N(CCCCCCCCCCCCCC)C=CN1c1ccccc1. The molecule has 0 bridgehead atoms. The molecule has 39 heavy (non-hydrogen) atoms. The first kappa shape index (κ1) is 33.8. The van der Waals surface area contributed by atoms with Crippen LogP contribution in [0.2, 0.25) is 0 Å². The van der Waals surface area contributed by atoms with Gasteiger partial charge in [-0.05, 0) is 31.4 Å². The summed E-state index contributed by atoms with van der Waals surface area (Å²) in [5, 5.41) is 0. The zero-order valence-electron chi connectivity index (χ0n) is 26.4. The lowest BCUT2D eigenvalue weighted by Gasteiger charge is -2.33. The molecule has 1 aliphatic rings. The van der Waals surface area contributed by atoms with E-state index in [0.29, 0.717) is 6.17 Å². The predicted octanol–water partition coefficient (Wildman–Crippen LogP) is 12.4. The van der Waals surface area contributed by atoms with Crippen LogP contribution in [0.5, 0.6) is 0 Å². The van der Waals surface area contributed by atoms with Crippen LogP contribution in [0, 0.1) is 0 Å². The van der Waals surface area contributed by atoms with E-state index >= 15 is 0 Å². The number of benzene rings is 1. The van der Waals surface area contributed by atoms with Crippen LogP contribution in [0.25, 0.3) is 0 Å². The Balaban J connectivity index is 1.57. The molecule has 0 fully saturated rings. The van der Waals surface area contributed by atoms with E-state index in [9.17, 15) is 0 Å². The second-order valence-electron chi connectivity index (χ2n) is 12.3. The molecule has 1 aliphatic heterocycles. The highest BCUT2D eigenvalue weighted by atomic mass is 15.4. The molecule has 1 heterocycles. The predicted molar refractivity (Wildman–Crippen MR) is 175 cm³/mol. The standard InChI is InChI=1S/C37H66N2/c1-3-5-7-9-11-13-15-17-19-21-23-28-32-37-38(34-35-39(37)36-30-26-25-27-31-36)33-29-24-22-20-18-16-14-12-10-8-6-4-2/h25-27,30-31,34-35,37H,3-24,28-29,32-33H2,1-2H3. The topological polar surface area (TPSA) is 6.48 Å². The van der Waals surface area contributed by atoms with Gasteiger partial charge < -0.3 is 9.80 Å². The van der Waals surface area contributed by atoms with E-state index in [-0.39, 0.29) is 0 Å². The van der Waals surface area contributed by atoms with Crippen LogP contribution in [-0.4, -0.2) is 17.6 Å². The van der Waals surface area contributed by atoms with Gasteiger partial charge in [0.2, 0.25) is 0 Å². The minimum atomic E-state index is 0.503. The van der Waals surface area contributed by atoms with Crippen molar-refractivity contribution in [2.24, 2.45) is 0 Å². The zero-order chi connectivity index (χ0) is 27.6. The summed E-state index contributed by atoms with van der Waals surface area (Å²) in [5.74, 6) is 0. The number of hydrogen-bond acceptors (Lipinski definition) is 2. The lowest BCUT2D eigenvalue weighted by molar-refractivity contribution is 0.273. The van der Waals surface area contributed by atoms with Gasteiger partial charge in [0.05, 0.1) is 0 Å². The monoisotopic (exact) mass is 539 g/mol. The van der Waals surface area contributed by atoms with Crippen molar-refractivity contribution in [3.05, 3.63) is 42.7 Å². The molecule has 1 aromatic rings. The first-order valence-electron chi connectivity index (χ1n) is 17.6. The van der Waals surface area contributed by atoms with Gasteiger partial charge in [-0.25, -0.2) is 0 Å². The van der Waals surface area contributed by atoms with Crippen LogP contribution in [-0.2, 0) is 0 Å². The van der Waals surface area contributed by atoms with Crippen molar-refractivity contribution in [2.45, 2.75) is 181 Å². The number of rotatable bonds is 27. The molecule has 0 spiro atoms. The quantitative estimate of drug-likeness (QED) is 0.103. The summed E-state index contributed by atoms with van der Waals surface area (Å²) in [6, 6.07) is 11.0. The fourth-order valence-electron chi connectivity index (χ4n) is 6.21. The van der Waals surface area contributed by atoms with Gasteiger partial charge in [-0.15, -0.1) is 0 Å². The summed E-state index contributed by atoms with van der Waals surface area (Å²) in [7, 11) is 0. The first-order valence-corrected chi connectivity index (χ1v) is 17.6. The minimum absolute atomic E-state index is 0.503. The second-order valence-corrected chi connectivity index (χ2v) is 12.3. The first-order chi connectivity index (χ1) is 19.4. The van der Waals surface area contributed by atoms with E-state index in [2.05, 4.69) is 66.4 Å². The highest BCUT2D eigenvalue weighted by Crippen LogP contribution is 2.28. The molecule has 1 unspecified atom stereocenters. The molecule has 1 aromatic carbocycles. The summed E-state index contributed by atoms with van der Waals surface area (Å²) in [6.07, 6.45) is 40.6. The summed E-state index contributed by atoms with van der Waals surface area (Å²) >= 11 is 0. The molecule has 2 nitrogen and oxygen atoms in total. The average Bonchev–Trinajstić information content (AvgIpc) is 3.37. The van der Waals surface area contributed by atoms with Gasteiger partial charge in [0.25, 0.3) is 0 Å². The lowest BCUT2D eigenvalue weighted by Crippen LogP contribution is -2.39. The van der Waals surface area contributed by atoms with Crippen LogP contribution in [0.15, 0.2) is 42.7 Å². The zero-order valence-corrected chi connectivity index (χ0v) is 26.4. The molecule has 0 N–H and O–H groups in total. The number of unbranched alkanes of at least 4 members (excludes halogenated alkanes) is 22. The molecule has 224 valence electrons. The van der Waals surface area contributed by atoms with E-state index in [4.69, 9.17) is 0 Å². The van der Waals surface area contributed by atoms with Gasteiger partial charge in [0.1, 0.15) is 6.17 Å². The van der Waals surface area contributed by atoms with Gasteiger partial charge in [-0.3, -0.25) is 0 Å². The van der Waals surface area contributed by atoms with Crippen LogP contribution in [0.1, 0.15) is 174 Å². The number of para-hydroxylation sites is 1. The molecule has 0 aliphatic carbocycles. The van der Waals surface area contributed by atoms with Crippen LogP contribution < -0.4 is 4.90 Å². The normalized spacial score (nSPS) is 15.1. The van der Waals surface area contributed by atoms with E-state index < -0.39 is 0 Å². The molecule has 1 atom stereocenters. The Labute approximate surface area is 245 Å². The second kappa shape index (κ2) is 24.4. The smallest absolute Gasteiger partial charge is 0.105 e. The van der Waals surface area contributed by atoms with Crippen LogP contribution in [0.3, 0.4) is 0 Å². The number of hydrogen-bond donors (Lipinski definition) is 0. The van der Waals surface area contributed by atoms with Gasteiger partial charge in [0, 0.05) is 24.6 Å². The third kappa shape index (κ3) is 16.4. The highest BCUT2D eigenvalue weighted by Gasteiger charge is 2.26. The minimum Gasteiger partial charge on any atom is -0.356 e. The Bertz CT molecular complexity index is 669. The van der Waals surface area contributed by atoms with E-state index in [1.54, 1.807) is 0 Å². The third-order valence-corrected chi connectivity index (χ3v) is 8.76. The summed E-state index contributed by atoms with van der Waals surface area (Å²) in [6.45, 7) is 5.82. The molecule has 0 saturated heterocycles.